The molecule has 0 aliphatic rings. The molecule has 0 radical (unpaired) electrons. The second kappa shape index (κ2) is 12.7. The van der Waals surface area contributed by atoms with E-state index in [2.05, 4.69) is 10.6 Å². The maximum atomic E-state index is 13.1. The number of para-hydroxylation sites is 1. The first kappa shape index (κ1) is 27.7. The van der Waals surface area contributed by atoms with Crippen molar-refractivity contribution in [2.24, 2.45) is 0 Å². The molecule has 184 valence electrons. The van der Waals surface area contributed by atoms with Gasteiger partial charge in [0.1, 0.15) is 23.9 Å². The smallest absolute Gasteiger partial charge is 0.408 e. The normalized spacial score (nSPS) is 12.0. The summed E-state index contributed by atoms with van der Waals surface area (Å²) in [6.45, 7) is 10.0. The van der Waals surface area contributed by atoms with Crippen molar-refractivity contribution < 1.29 is 33.8 Å². The number of amides is 3. The molecular weight excluding hydrogens is 430 g/mol. The van der Waals surface area contributed by atoms with E-state index in [0.717, 1.165) is 0 Å². The molecule has 1 atom stereocenters. The average Bonchev–Trinajstić information content (AvgIpc) is 2.69. The van der Waals surface area contributed by atoms with Gasteiger partial charge in [0, 0.05) is 18.2 Å². The number of esters is 1. The lowest BCUT2D eigenvalue weighted by Gasteiger charge is -2.35. The van der Waals surface area contributed by atoms with Gasteiger partial charge in [-0.15, -0.1) is 0 Å². The van der Waals surface area contributed by atoms with Crippen molar-refractivity contribution in [1.82, 2.24) is 15.5 Å². The van der Waals surface area contributed by atoms with E-state index in [1.54, 1.807) is 53.7 Å². The summed E-state index contributed by atoms with van der Waals surface area (Å²) in [5.74, 6) is -1.76. The molecule has 0 spiro atoms. The fourth-order valence-electron chi connectivity index (χ4n) is 3.04. The summed E-state index contributed by atoms with van der Waals surface area (Å²) in [5.41, 5.74) is -0.521. The van der Waals surface area contributed by atoms with E-state index in [9.17, 15) is 24.3 Å². The third-order valence-corrected chi connectivity index (χ3v) is 4.32. The zero-order valence-electron chi connectivity index (χ0n) is 20.1. The Morgan fingerprint density at radius 3 is 2.27 bits per heavy atom. The number of benzene rings is 1. The Morgan fingerprint density at radius 1 is 1.09 bits per heavy atom. The summed E-state index contributed by atoms with van der Waals surface area (Å²) in [6, 6.07) is 4.53. The first-order chi connectivity index (χ1) is 15.4. The van der Waals surface area contributed by atoms with Crippen molar-refractivity contribution in [1.29, 1.82) is 0 Å². The number of aromatic hydroxyl groups is 1. The summed E-state index contributed by atoms with van der Waals surface area (Å²) in [6.07, 6.45) is -0.805. The SMILES string of the molecule is CCOC(=O)CCNC(=O)C(c1ccccc1O)N(C(=O)CNC(=O)OC(C)(C)C)C(C)C. The van der Waals surface area contributed by atoms with Crippen molar-refractivity contribution >= 4 is 23.9 Å². The Hall–Kier alpha value is -3.30. The summed E-state index contributed by atoms with van der Waals surface area (Å²) in [7, 11) is 0. The van der Waals surface area contributed by atoms with Crippen LogP contribution in [0.1, 0.15) is 59.6 Å². The monoisotopic (exact) mass is 465 g/mol. The van der Waals surface area contributed by atoms with E-state index in [1.807, 2.05) is 0 Å². The summed E-state index contributed by atoms with van der Waals surface area (Å²) in [5, 5.41) is 15.4. The zero-order chi connectivity index (χ0) is 25.2. The van der Waals surface area contributed by atoms with Crippen LogP contribution in [0.4, 0.5) is 4.79 Å². The van der Waals surface area contributed by atoms with Gasteiger partial charge in [0.25, 0.3) is 0 Å². The van der Waals surface area contributed by atoms with Gasteiger partial charge in [-0.05, 0) is 47.6 Å². The maximum Gasteiger partial charge on any atom is 0.408 e. The number of alkyl carbamates (subject to hydrolysis) is 1. The van der Waals surface area contributed by atoms with Crippen LogP contribution in [-0.2, 0) is 23.9 Å². The summed E-state index contributed by atoms with van der Waals surface area (Å²) >= 11 is 0. The standard InChI is InChI=1S/C23H35N3O7/c1-7-32-19(29)12-13-24-21(30)20(16-10-8-9-11-17(16)27)26(15(2)3)18(28)14-25-22(31)33-23(4,5)6/h8-11,15,20,27H,7,12-14H2,1-6H3,(H,24,30)(H,25,31). The molecule has 0 saturated heterocycles. The minimum atomic E-state index is -1.19. The van der Waals surface area contributed by atoms with Crippen LogP contribution in [0.15, 0.2) is 24.3 Å². The van der Waals surface area contributed by atoms with Crippen LogP contribution in [0.2, 0.25) is 0 Å². The first-order valence-corrected chi connectivity index (χ1v) is 10.9. The molecule has 0 bridgehead atoms. The summed E-state index contributed by atoms with van der Waals surface area (Å²) in [4.78, 5) is 51.0. The van der Waals surface area contributed by atoms with Gasteiger partial charge in [0.05, 0.1) is 13.0 Å². The number of rotatable bonds is 10. The van der Waals surface area contributed by atoms with E-state index >= 15 is 0 Å². The van der Waals surface area contributed by atoms with Crippen LogP contribution < -0.4 is 10.6 Å². The van der Waals surface area contributed by atoms with E-state index < -0.39 is 48.1 Å². The van der Waals surface area contributed by atoms with Crippen molar-refractivity contribution in [3.63, 3.8) is 0 Å². The van der Waals surface area contributed by atoms with Gasteiger partial charge < -0.3 is 30.1 Å². The number of nitrogens with one attached hydrogen (secondary N) is 2. The highest BCUT2D eigenvalue weighted by Crippen LogP contribution is 2.30. The van der Waals surface area contributed by atoms with Crippen LogP contribution in [0, 0.1) is 0 Å². The van der Waals surface area contributed by atoms with Gasteiger partial charge in [-0.25, -0.2) is 4.79 Å². The second-order valence-electron chi connectivity index (χ2n) is 8.56. The van der Waals surface area contributed by atoms with Crippen LogP contribution in [0.25, 0.3) is 0 Å². The number of hydrogen-bond donors (Lipinski definition) is 3. The molecular formula is C23H35N3O7. The number of hydrogen-bond acceptors (Lipinski definition) is 7. The van der Waals surface area contributed by atoms with Gasteiger partial charge >= 0.3 is 12.1 Å². The first-order valence-electron chi connectivity index (χ1n) is 10.9. The Bertz CT molecular complexity index is 834. The molecule has 10 nitrogen and oxygen atoms in total. The molecule has 33 heavy (non-hydrogen) atoms. The molecule has 0 aromatic heterocycles. The molecule has 3 N–H and O–H groups in total. The third-order valence-electron chi connectivity index (χ3n) is 4.32. The van der Waals surface area contributed by atoms with Crippen molar-refractivity contribution in [2.75, 3.05) is 19.7 Å². The highest BCUT2D eigenvalue weighted by Gasteiger charge is 2.35. The number of ether oxygens (including phenoxy) is 2. The quantitative estimate of drug-likeness (QED) is 0.451. The lowest BCUT2D eigenvalue weighted by atomic mass is 10.0. The lowest BCUT2D eigenvalue weighted by molar-refractivity contribution is -0.144. The van der Waals surface area contributed by atoms with Crippen LogP contribution >= 0.6 is 0 Å². The summed E-state index contributed by atoms with van der Waals surface area (Å²) < 4.78 is 10.0. The third kappa shape index (κ3) is 9.38. The van der Waals surface area contributed by atoms with E-state index in [4.69, 9.17) is 9.47 Å². The number of phenolic OH excluding ortho intramolecular Hbond substituents is 1. The highest BCUT2D eigenvalue weighted by atomic mass is 16.6. The Kier molecular flexibility index (Phi) is 10.6. The number of phenols is 1. The number of carbonyl (C=O) groups excluding carboxylic acids is 4. The van der Waals surface area contributed by atoms with Gasteiger partial charge in [-0.3, -0.25) is 14.4 Å². The Labute approximate surface area is 194 Å². The molecule has 0 heterocycles. The molecule has 0 saturated carbocycles. The lowest BCUT2D eigenvalue weighted by Crippen LogP contribution is -2.50. The number of nitrogens with zero attached hydrogens (tertiary/aromatic N) is 1. The van der Waals surface area contributed by atoms with E-state index in [0.29, 0.717) is 0 Å². The predicted molar refractivity (Wildman–Crippen MR) is 121 cm³/mol. The molecule has 0 aliphatic heterocycles. The second-order valence-corrected chi connectivity index (χ2v) is 8.56. The van der Waals surface area contributed by atoms with Crippen LogP contribution in [-0.4, -0.2) is 65.2 Å². The minimum Gasteiger partial charge on any atom is -0.508 e. The molecule has 0 aliphatic carbocycles. The molecule has 0 fully saturated rings. The molecule has 1 rings (SSSR count). The van der Waals surface area contributed by atoms with Crippen molar-refractivity contribution in [3.05, 3.63) is 29.8 Å². The Morgan fingerprint density at radius 2 is 1.73 bits per heavy atom. The van der Waals surface area contributed by atoms with Crippen LogP contribution in [0.5, 0.6) is 5.75 Å². The largest absolute Gasteiger partial charge is 0.508 e. The van der Waals surface area contributed by atoms with Gasteiger partial charge in [-0.2, -0.15) is 0 Å². The minimum absolute atomic E-state index is 0.00194. The highest BCUT2D eigenvalue weighted by molar-refractivity contribution is 5.91. The van der Waals surface area contributed by atoms with Crippen molar-refractivity contribution in [3.8, 4) is 5.75 Å². The molecule has 3 amide bonds. The van der Waals surface area contributed by atoms with Crippen molar-refractivity contribution in [2.45, 2.75) is 65.6 Å². The average molecular weight is 466 g/mol. The predicted octanol–water partition coefficient (Wildman–Crippen LogP) is 2.26. The molecule has 10 heteroatoms. The fraction of sp³-hybridized carbons (Fsp3) is 0.565. The molecule has 1 aromatic rings. The van der Waals surface area contributed by atoms with E-state index in [-0.39, 0.29) is 30.9 Å². The van der Waals surface area contributed by atoms with E-state index in [1.165, 1.54) is 17.0 Å². The fourth-order valence-corrected chi connectivity index (χ4v) is 3.04. The zero-order valence-corrected chi connectivity index (χ0v) is 20.1. The molecule has 1 aromatic carbocycles. The van der Waals surface area contributed by atoms with Gasteiger partial charge in [0.15, 0.2) is 0 Å². The van der Waals surface area contributed by atoms with Gasteiger partial charge in [0.2, 0.25) is 11.8 Å². The van der Waals surface area contributed by atoms with Gasteiger partial charge in [-0.1, -0.05) is 18.2 Å². The Balaban J connectivity index is 3.10. The van der Waals surface area contributed by atoms with Crippen LogP contribution in [0.3, 0.4) is 0 Å². The molecule has 1 unspecified atom stereocenters. The number of carbonyl (C=O) groups is 4. The maximum absolute atomic E-state index is 13.1. The topological polar surface area (TPSA) is 134 Å².